The van der Waals surface area contributed by atoms with E-state index in [-0.39, 0.29) is 16.7 Å². The first kappa shape index (κ1) is 22.5. The van der Waals surface area contributed by atoms with Gasteiger partial charge in [-0.3, -0.25) is 10.1 Å². The molecule has 0 unspecified atom stereocenters. The second-order valence-electron chi connectivity index (χ2n) is 8.04. The van der Waals surface area contributed by atoms with Gasteiger partial charge in [-0.05, 0) is 41.8 Å². The molecule has 0 radical (unpaired) electrons. The van der Waals surface area contributed by atoms with Gasteiger partial charge in [-0.1, -0.05) is 44.7 Å². The third-order valence-corrected chi connectivity index (χ3v) is 4.64. The fourth-order valence-corrected chi connectivity index (χ4v) is 3.00. The standard InChI is InChI=1S/C25H20FNO5/c1-25(2,3)21-14-8-16(7-9-17-5-4-6-20(23(17)26)24(28)29)15-22(21)32-19-12-10-18(11-13-19)27(30)31/h4-6,8,10-15H,1-3H3,(H,28,29). The lowest BCUT2D eigenvalue weighted by atomic mass is 9.86. The first-order valence-electron chi connectivity index (χ1n) is 9.67. The quantitative estimate of drug-likeness (QED) is 0.313. The van der Waals surface area contributed by atoms with Crippen LogP contribution in [0.15, 0.2) is 60.7 Å². The van der Waals surface area contributed by atoms with E-state index in [0.29, 0.717) is 17.1 Å². The van der Waals surface area contributed by atoms with Crippen LogP contribution in [0.5, 0.6) is 11.5 Å². The van der Waals surface area contributed by atoms with Crippen molar-refractivity contribution in [2.45, 2.75) is 26.2 Å². The van der Waals surface area contributed by atoms with Gasteiger partial charge in [-0.2, -0.15) is 0 Å². The van der Waals surface area contributed by atoms with Gasteiger partial charge in [0.15, 0.2) is 5.82 Å². The van der Waals surface area contributed by atoms with Gasteiger partial charge in [0, 0.05) is 23.3 Å². The van der Waals surface area contributed by atoms with Gasteiger partial charge in [-0.15, -0.1) is 0 Å². The number of non-ortho nitro benzene ring substituents is 1. The van der Waals surface area contributed by atoms with Gasteiger partial charge in [0.25, 0.3) is 5.69 Å². The van der Waals surface area contributed by atoms with E-state index in [1.165, 1.54) is 42.5 Å². The van der Waals surface area contributed by atoms with Crippen LogP contribution in [0.1, 0.15) is 47.8 Å². The van der Waals surface area contributed by atoms with E-state index in [4.69, 9.17) is 9.84 Å². The molecule has 0 amide bonds. The SMILES string of the molecule is CC(C)(C)c1ccc(C#Cc2cccc(C(=O)O)c2F)cc1Oc1ccc([N+](=O)[O-])cc1. The van der Waals surface area contributed by atoms with Crippen LogP contribution in [0.3, 0.4) is 0 Å². The molecular formula is C25H20FNO5. The van der Waals surface area contributed by atoms with Crippen molar-refractivity contribution in [1.29, 1.82) is 0 Å². The topological polar surface area (TPSA) is 89.7 Å². The molecule has 6 nitrogen and oxygen atoms in total. The Balaban J connectivity index is 1.99. The molecule has 0 atom stereocenters. The number of nitro groups is 1. The van der Waals surface area contributed by atoms with Crippen LogP contribution in [0.4, 0.5) is 10.1 Å². The van der Waals surface area contributed by atoms with Crippen LogP contribution in [-0.2, 0) is 5.41 Å². The Morgan fingerprint density at radius 1 is 1.06 bits per heavy atom. The summed E-state index contributed by atoms with van der Waals surface area (Å²) < 4.78 is 20.3. The van der Waals surface area contributed by atoms with Crippen molar-refractivity contribution in [2.75, 3.05) is 0 Å². The summed E-state index contributed by atoms with van der Waals surface area (Å²) >= 11 is 0. The Morgan fingerprint density at radius 2 is 1.75 bits per heavy atom. The Labute approximate surface area is 184 Å². The Bertz CT molecular complexity index is 1250. The van der Waals surface area contributed by atoms with Crippen molar-refractivity contribution < 1.29 is 24.0 Å². The molecule has 0 heterocycles. The average Bonchev–Trinajstić information content (AvgIpc) is 2.72. The maximum Gasteiger partial charge on any atom is 0.338 e. The minimum atomic E-state index is -1.36. The number of nitro benzene ring substituents is 1. The highest BCUT2D eigenvalue weighted by Gasteiger charge is 2.20. The van der Waals surface area contributed by atoms with Crippen molar-refractivity contribution in [3.63, 3.8) is 0 Å². The third-order valence-electron chi connectivity index (χ3n) is 4.64. The molecule has 0 spiro atoms. The number of benzene rings is 3. The normalized spacial score (nSPS) is 10.8. The highest BCUT2D eigenvalue weighted by Crippen LogP contribution is 2.35. The monoisotopic (exact) mass is 433 g/mol. The van der Waals surface area contributed by atoms with Gasteiger partial charge in [-0.25, -0.2) is 9.18 Å². The summed E-state index contributed by atoms with van der Waals surface area (Å²) in [5.74, 6) is 4.20. The summed E-state index contributed by atoms with van der Waals surface area (Å²) in [6.07, 6.45) is 0. The number of rotatable bonds is 4. The number of carbonyl (C=O) groups is 1. The third kappa shape index (κ3) is 5.10. The Morgan fingerprint density at radius 3 is 2.34 bits per heavy atom. The predicted molar refractivity (Wildman–Crippen MR) is 118 cm³/mol. The van der Waals surface area contributed by atoms with Gasteiger partial charge in [0.05, 0.1) is 16.1 Å². The smallest absolute Gasteiger partial charge is 0.338 e. The van der Waals surface area contributed by atoms with E-state index in [2.05, 4.69) is 11.8 Å². The van der Waals surface area contributed by atoms with Crippen LogP contribution < -0.4 is 4.74 Å². The molecule has 0 aliphatic rings. The average molecular weight is 433 g/mol. The lowest BCUT2D eigenvalue weighted by molar-refractivity contribution is -0.384. The molecule has 32 heavy (non-hydrogen) atoms. The van der Waals surface area contributed by atoms with Gasteiger partial charge in [0.1, 0.15) is 11.5 Å². The number of aromatic carboxylic acids is 1. The number of carboxylic acid groups (broad SMARTS) is 1. The molecule has 7 heteroatoms. The zero-order chi connectivity index (χ0) is 23.5. The largest absolute Gasteiger partial charge is 0.478 e. The minimum Gasteiger partial charge on any atom is -0.478 e. The molecule has 0 fully saturated rings. The fourth-order valence-electron chi connectivity index (χ4n) is 3.00. The zero-order valence-electron chi connectivity index (χ0n) is 17.7. The highest BCUT2D eigenvalue weighted by molar-refractivity contribution is 5.88. The molecule has 0 aromatic heterocycles. The first-order chi connectivity index (χ1) is 15.1. The van der Waals surface area contributed by atoms with E-state index in [1.54, 1.807) is 12.1 Å². The van der Waals surface area contributed by atoms with Crippen LogP contribution >= 0.6 is 0 Å². The molecule has 3 aromatic carbocycles. The summed E-state index contributed by atoms with van der Waals surface area (Å²) in [5, 5.41) is 19.9. The Hall–Kier alpha value is -4.18. The Kier molecular flexibility index (Phi) is 6.26. The molecule has 3 aromatic rings. The molecule has 162 valence electrons. The number of hydrogen-bond acceptors (Lipinski definition) is 4. The number of hydrogen-bond donors (Lipinski definition) is 1. The van der Waals surface area contributed by atoms with E-state index < -0.39 is 22.3 Å². The van der Waals surface area contributed by atoms with Gasteiger partial charge >= 0.3 is 5.97 Å². The van der Waals surface area contributed by atoms with Gasteiger partial charge in [0.2, 0.25) is 0 Å². The maximum atomic E-state index is 14.3. The zero-order valence-corrected chi connectivity index (χ0v) is 17.7. The molecule has 0 saturated carbocycles. The van der Waals surface area contributed by atoms with E-state index >= 15 is 0 Å². The summed E-state index contributed by atoms with van der Waals surface area (Å²) in [6, 6.07) is 15.1. The van der Waals surface area contributed by atoms with E-state index in [1.807, 2.05) is 26.8 Å². The minimum absolute atomic E-state index is 0.0253. The van der Waals surface area contributed by atoms with E-state index in [9.17, 15) is 19.3 Å². The van der Waals surface area contributed by atoms with E-state index in [0.717, 1.165) is 5.56 Å². The molecule has 0 bridgehead atoms. The number of ether oxygens (including phenoxy) is 1. The second-order valence-corrected chi connectivity index (χ2v) is 8.04. The van der Waals surface area contributed by atoms with Crippen molar-refractivity contribution in [1.82, 2.24) is 0 Å². The maximum absolute atomic E-state index is 14.3. The summed E-state index contributed by atoms with van der Waals surface area (Å²) in [7, 11) is 0. The lowest BCUT2D eigenvalue weighted by Gasteiger charge is -2.23. The van der Waals surface area contributed by atoms with Crippen molar-refractivity contribution >= 4 is 11.7 Å². The summed E-state index contributed by atoms with van der Waals surface area (Å²) in [6.45, 7) is 6.05. The van der Waals surface area contributed by atoms with Crippen LogP contribution in [0.2, 0.25) is 0 Å². The molecule has 1 N–H and O–H groups in total. The molecule has 0 saturated heterocycles. The number of nitrogens with zero attached hydrogens (tertiary/aromatic N) is 1. The van der Waals surface area contributed by atoms with Gasteiger partial charge < -0.3 is 9.84 Å². The van der Waals surface area contributed by atoms with Crippen LogP contribution in [0, 0.1) is 27.8 Å². The molecule has 0 aliphatic carbocycles. The number of halogens is 1. The second kappa shape index (κ2) is 8.90. The first-order valence-corrected chi connectivity index (χ1v) is 9.67. The molecule has 3 rings (SSSR count). The lowest BCUT2D eigenvalue weighted by Crippen LogP contribution is -2.12. The van der Waals surface area contributed by atoms with Crippen molar-refractivity contribution in [3.8, 4) is 23.3 Å². The molecular weight excluding hydrogens is 413 g/mol. The van der Waals surface area contributed by atoms with Crippen molar-refractivity contribution in [3.05, 3.63) is 98.8 Å². The number of carboxylic acids is 1. The summed E-state index contributed by atoms with van der Waals surface area (Å²) in [4.78, 5) is 21.5. The van der Waals surface area contributed by atoms with Crippen molar-refractivity contribution in [2.24, 2.45) is 0 Å². The molecule has 0 aliphatic heterocycles. The fraction of sp³-hybridized carbons (Fsp3) is 0.160. The van der Waals surface area contributed by atoms with Crippen LogP contribution in [-0.4, -0.2) is 16.0 Å². The van der Waals surface area contributed by atoms with Crippen LogP contribution in [0.25, 0.3) is 0 Å². The highest BCUT2D eigenvalue weighted by atomic mass is 19.1. The summed E-state index contributed by atoms with van der Waals surface area (Å²) in [5.41, 5.74) is 0.656. The predicted octanol–water partition coefficient (Wildman–Crippen LogP) is 5.92.